The van der Waals surface area contributed by atoms with Crippen molar-refractivity contribution in [2.45, 2.75) is 0 Å². The molecule has 0 atom stereocenters. The van der Waals surface area contributed by atoms with E-state index in [2.05, 4.69) is 4.90 Å². The van der Waals surface area contributed by atoms with Gasteiger partial charge in [-0.15, -0.1) is 0 Å². The Kier molecular flexibility index (Phi) is 5.33. The van der Waals surface area contributed by atoms with E-state index in [1.165, 1.54) is 12.1 Å². The minimum Gasteiger partial charge on any atom is -0.486 e. The smallest absolute Gasteiger partial charge is 0.269 e. The van der Waals surface area contributed by atoms with Crippen molar-refractivity contribution < 1.29 is 19.2 Å². The van der Waals surface area contributed by atoms with E-state index >= 15 is 0 Å². The minimum atomic E-state index is -0.408. The van der Waals surface area contributed by atoms with E-state index in [1.807, 2.05) is 18.2 Å². The lowest BCUT2D eigenvalue weighted by molar-refractivity contribution is -0.384. The van der Waals surface area contributed by atoms with E-state index in [-0.39, 0.29) is 11.6 Å². The van der Waals surface area contributed by atoms with Crippen molar-refractivity contribution in [3.05, 3.63) is 64.2 Å². The third-order valence-corrected chi connectivity index (χ3v) is 5.00. The Balaban J connectivity index is 1.33. The van der Waals surface area contributed by atoms with E-state index in [4.69, 9.17) is 9.47 Å². The third kappa shape index (κ3) is 4.31. The van der Waals surface area contributed by atoms with E-state index in [1.54, 1.807) is 29.2 Å². The van der Waals surface area contributed by atoms with Crippen LogP contribution in [0.4, 0.5) is 11.4 Å². The highest BCUT2D eigenvalue weighted by Gasteiger charge is 2.20. The molecule has 0 aromatic heterocycles. The Morgan fingerprint density at radius 3 is 2.34 bits per heavy atom. The Labute approximate surface area is 168 Å². The minimum absolute atomic E-state index is 0.0387. The van der Waals surface area contributed by atoms with Gasteiger partial charge in [-0.3, -0.25) is 14.9 Å². The quantitative estimate of drug-likeness (QED) is 0.450. The molecule has 1 fully saturated rings. The van der Waals surface area contributed by atoms with E-state index < -0.39 is 4.92 Å². The molecule has 0 saturated carbocycles. The molecular weight excluding hydrogens is 374 g/mol. The molecule has 8 nitrogen and oxygen atoms in total. The van der Waals surface area contributed by atoms with Gasteiger partial charge < -0.3 is 19.3 Å². The Morgan fingerprint density at radius 1 is 0.966 bits per heavy atom. The molecule has 2 aromatic rings. The van der Waals surface area contributed by atoms with Crippen LogP contribution in [0.1, 0.15) is 5.56 Å². The number of carbonyl (C=O) groups is 1. The number of amides is 1. The fraction of sp³-hybridized carbons (Fsp3) is 0.286. The topological polar surface area (TPSA) is 85.2 Å². The number of ether oxygens (including phenoxy) is 2. The SMILES string of the molecule is O=C(/C=C/c1ccc2c(c1)OCCO2)N1CCN(c2ccc([N+](=O)[O-])cc2)CC1. The molecule has 0 bridgehead atoms. The van der Waals surface area contributed by atoms with Crippen LogP contribution in [0.3, 0.4) is 0 Å². The molecule has 1 saturated heterocycles. The molecule has 1 amide bonds. The van der Waals surface area contributed by atoms with Gasteiger partial charge in [0.05, 0.1) is 4.92 Å². The van der Waals surface area contributed by atoms with Crippen LogP contribution in [0, 0.1) is 10.1 Å². The van der Waals surface area contributed by atoms with Crippen LogP contribution >= 0.6 is 0 Å². The Hall–Kier alpha value is -3.55. The molecule has 2 aromatic carbocycles. The zero-order chi connectivity index (χ0) is 20.2. The van der Waals surface area contributed by atoms with Crippen molar-refractivity contribution in [1.29, 1.82) is 0 Å². The van der Waals surface area contributed by atoms with Crippen LogP contribution in [0.15, 0.2) is 48.5 Å². The van der Waals surface area contributed by atoms with Crippen molar-refractivity contribution in [2.75, 3.05) is 44.3 Å². The van der Waals surface area contributed by atoms with Crippen molar-refractivity contribution in [3.8, 4) is 11.5 Å². The van der Waals surface area contributed by atoms with Gasteiger partial charge >= 0.3 is 0 Å². The number of nitro benzene ring substituents is 1. The first kappa shape index (κ1) is 18.8. The van der Waals surface area contributed by atoms with Crippen LogP contribution < -0.4 is 14.4 Å². The van der Waals surface area contributed by atoms with Gasteiger partial charge in [-0.1, -0.05) is 6.07 Å². The number of hydrogen-bond donors (Lipinski definition) is 0. The molecule has 0 unspecified atom stereocenters. The summed E-state index contributed by atoms with van der Waals surface area (Å²) in [5.74, 6) is 1.38. The van der Waals surface area contributed by atoms with Crippen LogP contribution in [0.5, 0.6) is 11.5 Å². The average Bonchev–Trinajstić information content (AvgIpc) is 2.77. The summed E-state index contributed by atoms with van der Waals surface area (Å²) in [6.45, 7) is 3.64. The molecular formula is C21H21N3O5. The van der Waals surface area contributed by atoms with E-state index in [9.17, 15) is 14.9 Å². The molecule has 0 radical (unpaired) electrons. The predicted molar refractivity (Wildman–Crippen MR) is 108 cm³/mol. The number of nitro groups is 1. The van der Waals surface area contributed by atoms with Gasteiger partial charge in [0.2, 0.25) is 5.91 Å². The lowest BCUT2D eigenvalue weighted by Gasteiger charge is -2.35. The second-order valence-corrected chi connectivity index (χ2v) is 6.82. The van der Waals surface area contributed by atoms with Gasteiger partial charge in [0, 0.05) is 50.1 Å². The largest absolute Gasteiger partial charge is 0.486 e. The highest BCUT2D eigenvalue weighted by molar-refractivity contribution is 5.92. The summed E-state index contributed by atoms with van der Waals surface area (Å²) in [7, 11) is 0. The van der Waals surface area contributed by atoms with Crippen LogP contribution in [0.2, 0.25) is 0 Å². The summed E-state index contributed by atoms with van der Waals surface area (Å²) in [6, 6.07) is 12.1. The van der Waals surface area contributed by atoms with Crippen molar-refractivity contribution in [1.82, 2.24) is 4.90 Å². The molecule has 29 heavy (non-hydrogen) atoms. The normalized spacial score (nSPS) is 16.1. The first-order chi connectivity index (χ1) is 14.1. The zero-order valence-electron chi connectivity index (χ0n) is 15.8. The van der Waals surface area contributed by atoms with Crippen LogP contribution in [0.25, 0.3) is 6.08 Å². The molecule has 150 valence electrons. The maximum Gasteiger partial charge on any atom is 0.269 e. The van der Waals surface area contributed by atoms with Gasteiger partial charge in [0.25, 0.3) is 5.69 Å². The molecule has 0 spiro atoms. The van der Waals surface area contributed by atoms with Crippen molar-refractivity contribution in [2.24, 2.45) is 0 Å². The predicted octanol–water partition coefficient (Wildman–Crippen LogP) is 2.73. The maximum absolute atomic E-state index is 12.5. The van der Waals surface area contributed by atoms with Gasteiger partial charge in [-0.25, -0.2) is 0 Å². The Bertz CT molecular complexity index is 934. The number of anilines is 1. The van der Waals surface area contributed by atoms with Gasteiger partial charge in [0.1, 0.15) is 13.2 Å². The number of nitrogens with zero attached hydrogens (tertiary/aromatic N) is 3. The second kappa shape index (κ2) is 8.22. The number of piperazine rings is 1. The summed E-state index contributed by atoms with van der Waals surface area (Å²) in [6.07, 6.45) is 3.36. The van der Waals surface area contributed by atoms with Gasteiger partial charge in [-0.05, 0) is 35.9 Å². The molecule has 0 N–H and O–H groups in total. The molecule has 2 aliphatic heterocycles. The van der Waals surface area contributed by atoms with Gasteiger partial charge in [0.15, 0.2) is 11.5 Å². The molecule has 2 aliphatic rings. The second-order valence-electron chi connectivity index (χ2n) is 6.82. The summed E-state index contributed by atoms with van der Waals surface area (Å²) in [4.78, 5) is 26.8. The third-order valence-electron chi connectivity index (χ3n) is 5.00. The summed E-state index contributed by atoms with van der Waals surface area (Å²) >= 11 is 0. The summed E-state index contributed by atoms with van der Waals surface area (Å²) in [5, 5.41) is 10.8. The highest BCUT2D eigenvalue weighted by Crippen LogP contribution is 2.31. The van der Waals surface area contributed by atoms with E-state index in [0.29, 0.717) is 45.1 Å². The first-order valence-electron chi connectivity index (χ1n) is 9.46. The van der Waals surface area contributed by atoms with Crippen LogP contribution in [-0.4, -0.2) is 55.1 Å². The van der Waals surface area contributed by atoms with Crippen LogP contribution in [-0.2, 0) is 4.79 Å². The molecule has 0 aliphatic carbocycles. The standard InChI is InChI=1S/C21H21N3O5/c25-21(8-2-16-1-7-19-20(15-16)29-14-13-28-19)23-11-9-22(10-12-23)17-3-5-18(6-4-17)24(26)27/h1-8,15H,9-14H2/b8-2+. The first-order valence-corrected chi connectivity index (χ1v) is 9.46. The number of hydrogen-bond acceptors (Lipinski definition) is 6. The monoisotopic (exact) mass is 395 g/mol. The highest BCUT2D eigenvalue weighted by atomic mass is 16.6. The maximum atomic E-state index is 12.5. The fourth-order valence-corrected chi connectivity index (χ4v) is 3.41. The molecule has 4 rings (SSSR count). The Morgan fingerprint density at radius 2 is 1.66 bits per heavy atom. The number of benzene rings is 2. The zero-order valence-corrected chi connectivity index (χ0v) is 15.8. The summed E-state index contributed by atoms with van der Waals surface area (Å²) in [5.41, 5.74) is 1.88. The fourth-order valence-electron chi connectivity index (χ4n) is 3.41. The number of non-ortho nitro benzene ring substituents is 1. The number of carbonyl (C=O) groups excluding carboxylic acids is 1. The lowest BCUT2D eigenvalue weighted by atomic mass is 10.1. The lowest BCUT2D eigenvalue weighted by Crippen LogP contribution is -2.48. The summed E-state index contributed by atoms with van der Waals surface area (Å²) < 4.78 is 11.1. The van der Waals surface area contributed by atoms with Gasteiger partial charge in [-0.2, -0.15) is 0 Å². The van der Waals surface area contributed by atoms with E-state index in [0.717, 1.165) is 17.0 Å². The number of rotatable bonds is 4. The van der Waals surface area contributed by atoms with Crippen molar-refractivity contribution in [3.63, 3.8) is 0 Å². The average molecular weight is 395 g/mol. The van der Waals surface area contributed by atoms with Crippen molar-refractivity contribution >= 4 is 23.4 Å². The number of fused-ring (bicyclic) bond motifs is 1. The molecule has 2 heterocycles. The molecule has 8 heteroatoms.